The van der Waals surface area contributed by atoms with Crippen LogP contribution in [-0.4, -0.2) is 53.2 Å². The van der Waals surface area contributed by atoms with Crippen LogP contribution in [0.25, 0.3) is 0 Å². The van der Waals surface area contributed by atoms with Gasteiger partial charge in [0, 0.05) is 13.1 Å². The highest BCUT2D eigenvalue weighted by molar-refractivity contribution is 9.10. The molecule has 3 aromatic rings. The number of amides is 2. The Bertz CT molecular complexity index is 1220. The number of hydrogen-bond donors (Lipinski definition) is 2. The molecule has 0 bridgehead atoms. The van der Waals surface area contributed by atoms with Crippen molar-refractivity contribution in [2.75, 3.05) is 13.1 Å². The van der Waals surface area contributed by atoms with Gasteiger partial charge >= 0.3 is 11.8 Å². The summed E-state index contributed by atoms with van der Waals surface area (Å²) in [4.78, 5) is 28.1. The van der Waals surface area contributed by atoms with E-state index in [1.807, 2.05) is 13.8 Å². The molecule has 0 saturated heterocycles. The molecule has 0 unspecified atom stereocenters. The molecule has 2 N–H and O–H groups in total. The molecule has 1 aromatic carbocycles. The molecule has 11 nitrogen and oxygen atoms in total. The molecule has 32 heavy (non-hydrogen) atoms. The quantitative estimate of drug-likeness (QED) is 0.396. The predicted octanol–water partition coefficient (Wildman–Crippen LogP) is 1.17. The van der Waals surface area contributed by atoms with Crippen molar-refractivity contribution < 1.29 is 22.5 Å². The topological polar surface area (TPSA) is 149 Å². The predicted molar refractivity (Wildman–Crippen MR) is 116 cm³/mol. The zero-order valence-electron chi connectivity index (χ0n) is 17.3. The summed E-state index contributed by atoms with van der Waals surface area (Å²) in [6.07, 6.45) is 0. The fourth-order valence-corrected chi connectivity index (χ4v) is 4.24. The Balaban J connectivity index is 1.45. The summed E-state index contributed by atoms with van der Waals surface area (Å²) in [5.74, 6) is -1.90. The van der Waals surface area contributed by atoms with Gasteiger partial charge in [-0.2, -0.15) is 10.1 Å². The van der Waals surface area contributed by atoms with Crippen LogP contribution >= 0.6 is 15.9 Å². The number of benzene rings is 1. The third kappa shape index (κ3) is 5.79. The Hall–Kier alpha value is -3.06. The highest BCUT2D eigenvalue weighted by Crippen LogP contribution is 2.19. The molecule has 0 spiro atoms. The van der Waals surface area contributed by atoms with Crippen molar-refractivity contribution in [3.8, 4) is 0 Å². The zero-order chi connectivity index (χ0) is 23.3. The van der Waals surface area contributed by atoms with E-state index in [0.717, 1.165) is 15.9 Å². The molecule has 13 heteroatoms. The summed E-state index contributed by atoms with van der Waals surface area (Å²) in [6.45, 7) is 4.03. The van der Waals surface area contributed by atoms with Gasteiger partial charge in [0.05, 0.1) is 20.8 Å². The first kappa shape index (κ1) is 23.6. The van der Waals surface area contributed by atoms with Crippen molar-refractivity contribution in [2.24, 2.45) is 0 Å². The SMILES string of the molecule is Cc1nn(CC(=O)NCCNC(=O)c2nc(CS(=O)(=O)c3ccccc3)no2)c(C)c1Br. The average Bonchev–Trinajstić information content (AvgIpc) is 3.32. The molecule has 0 atom stereocenters. The number of sulfone groups is 1. The molecule has 0 saturated carbocycles. The number of carbonyl (C=O) groups is 2. The van der Waals surface area contributed by atoms with Crippen LogP contribution in [-0.2, 0) is 26.9 Å². The summed E-state index contributed by atoms with van der Waals surface area (Å²) in [5, 5.41) is 13.0. The second-order valence-electron chi connectivity index (χ2n) is 6.84. The number of rotatable bonds is 9. The number of carbonyl (C=O) groups excluding carboxylic acids is 2. The van der Waals surface area contributed by atoms with Crippen molar-refractivity contribution in [1.82, 2.24) is 30.6 Å². The second kappa shape index (κ2) is 10.0. The number of aryl methyl sites for hydroxylation is 1. The van der Waals surface area contributed by atoms with E-state index >= 15 is 0 Å². The molecule has 0 aliphatic rings. The number of hydrogen-bond acceptors (Lipinski definition) is 8. The third-order valence-electron chi connectivity index (χ3n) is 4.40. The maximum absolute atomic E-state index is 12.4. The minimum atomic E-state index is -3.66. The average molecular weight is 525 g/mol. The Morgan fingerprint density at radius 2 is 1.81 bits per heavy atom. The lowest BCUT2D eigenvalue weighted by atomic mass is 10.4. The van der Waals surface area contributed by atoms with E-state index in [1.54, 1.807) is 22.9 Å². The lowest BCUT2D eigenvalue weighted by Crippen LogP contribution is -2.36. The van der Waals surface area contributed by atoms with Crippen molar-refractivity contribution in [3.05, 3.63) is 57.9 Å². The second-order valence-corrected chi connectivity index (χ2v) is 9.62. The van der Waals surface area contributed by atoms with Crippen molar-refractivity contribution in [2.45, 2.75) is 31.0 Å². The minimum Gasteiger partial charge on any atom is -0.353 e. The summed E-state index contributed by atoms with van der Waals surface area (Å²) >= 11 is 3.41. The van der Waals surface area contributed by atoms with Crippen LogP contribution < -0.4 is 10.6 Å². The van der Waals surface area contributed by atoms with E-state index in [-0.39, 0.29) is 42.2 Å². The van der Waals surface area contributed by atoms with Crippen LogP contribution in [0.2, 0.25) is 0 Å². The summed E-state index contributed by atoms with van der Waals surface area (Å²) in [7, 11) is -3.66. The van der Waals surface area contributed by atoms with Gasteiger partial charge in [-0.3, -0.25) is 14.3 Å². The van der Waals surface area contributed by atoms with Gasteiger partial charge in [0.25, 0.3) is 0 Å². The van der Waals surface area contributed by atoms with E-state index in [4.69, 9.17) is 4.52 Å². The first-order valence-electron chi connectivity index (χ1n) is 9.52. The van der Waals surface area contributed by atoms with E-state index < -0.39 is 21.5 Å². The fourth-order valence-electron chi connectivity index (χ4n) is 2.76. The first-order valence-corrected chi connectivity index (χ1v) is 12.0. The molecule has 0 aliphatic heterocycles. The van der Waals surface area contributed by atoms with Gasteiger partial charge in [0.1, 0.15) is 12.3 Å². The van der Waals surface area contributed by atoms with E-state index in [1.165, 1.54) is 12.1 Å². The normalized spacial score (nSPS) is 11.3. The number of halogens is 1. The minimum absolute atomic E-state index is 0.0507. The summed E-state index contributed by atoms with van der Waals surface area (Å²) < 4.78 is 32.0. The summed E-state index contributed by atoms with van der Waals surface area (Å²) in [6, 6.07) is 7.85. The van der Waals surface area contributed by atoms with Crippen LogP contribution in [0.3, 0.4) is 0 Å². The molecule has 0 fully saturated rings. The highest BCUT2D eigenvalue weighted by atomic mass is 79.9. The molecule has 2 amide bonds. The van der Waals surface area contributed by atoms with Crippen LogP contribution in [0.5, 0.6) is 0 Å². The van der Waals surface area contributed by atoms with E-state index in [9.17, 15) is 18.0 Å². The standard InChI is InChI=1S/C19H21BrN6O5S/c1-12-17(20)13(2)26(24-12)10-16(27)21-8-9-22-18(28)19-23-15(25-31-19)11-32(29,30)14-6-4-3-5-7-14/h3-7H,8-11H2,1-2H3,(H,21,27)(H,22,28). The highest BCUT2D eigenvalue weighted by Gasteiger charge is 2.21. The summed E-state index contributed by atoms with van der Waals surface area (Å²) in [5.41, 5.74) is 1.63. The Morgan fingerprint density at radius 1 is 1.12 bits per heavy atom. The Kier molecular flexibility index (Phi) is 7.40. The largest absolute Gasteiger partial charge is 0.353 e. The van der Waals surface area contributed by atoms with Gasteiger partial charge in [-0.25, -0.2) is 8.42 Å². The first-order chi connectivity index (χ1) is 15.2. The Labute approximate surface area is 192 Å². The Morgan fingerprint density at radius 3 is 2.47 bits per heavy atom. The lowest BCUT2D eigenvalue weighted by Gasteiger charge is -2.07. The molecular weight excluding hydrogens is 504 g/mol. The van der Waals surface area contributed by atoms with Crippen molar-refractivity contribution in [3.63, 3.8) is 0 Å². The van der Waals surface area contributed by atoms with E-state index in [2.05, 4.69) is 41.8 Å². The maximum atomic E-state index is 12.4. The molecule has 2 aromatic heterocycles. The zero-order valence-corrected chi connectivity index (χ0v) is 19.7. The smallest absolute Gasteiger partial charge is 0.315 e. The fraction of sp³-hybridized carbons (Fsp3) is 0.316. The molecular formula is C19H21BrN6O5S. The maximum Gasteiger partial charge on any atom is 0.315 e. The third-order valence-corrected chi connectivity index (χ3v) is 7.18. The molecule has 2 heterocycles. The van der Waals surface area contributed by atoms with Gasteiger partial charge in [-0.15, -0.1) is 0 Å². The van der Waals surface area contributed by atoms with Gasteiger partial charge in [0.2, 0.25) is 5.91 Å². The van der Waals surface area contributed by atoms with Gasteiger partial charge in [0.15, 0.2) is 15.7 Å². The van der Waals surface area contributed by atoms with Crippen molar-refractivity contribution in [1.29, 1.82) is 0 Å². The van der Waals surface area contributed by atoms with Gasteiger partial charge in [-0.05, 0) is 41.9 Å². The number of nitrogens with zero attached hydrogens (tertiary/aromatic N) is 4. The van der Waals surface area contributed by atoms with Crippen LogP contribution in [0.15, 0.2) is 44.2 Å². The number of nitrogens with one attached hydrogen (secondary N) is 2. The number of aromatic nitrogens is 4. The lowest BCUT2D eigenvalue weighted by molar-refractivity contribution is -0.121. The molecule has 170 valence electrons. The van der Waals surface area contributed by atoms with Gasteiger partial charge < -0.3 is 15.2 Å². The van der Waals surface area contributed by atoms with Gasteiger partial charge in [-0.1, -0.05) is 23.4 Å². The monoisotopic (exact) mass is 524 g/mol. The van der Waals surface area contributed by atoms with Crippen LogP contribution in [0.1, 0.15) is 27.9 Å². The van der Waals surface area contributed by atoms with Crippen LogP contribution in [0, 0.1) is 13.8 Å². The van der Waals surface area contributed by atoms with E-state index in [0.29, 0.717) is 0 Å². The molecule has 3 rings (SSSR count). The van der Waals surface area contributed by atoms with Crippen molar-refractivity contribution >= 4 is 37.6 Å². The van der Waals surface area contributed by atoms with Crippen LogP contribution in [0.4, 0.5) is 0 Å². The molecule has 0 aliphatic carbocycles. The molecule has 0 radical (unpaired) electrons.